The van der Waals surface area contributed by atoms with Gasteiger partial charge in [0.15, 0.2) is 0 Å². The van der Waals surface area contributed by atoms with Gasteiger partial charge >= 0.3 is 0 Å². The molecule has 0 amide bonds. The predicted octanol–water partition coefficient (Wildman–Crippen LogP) is 0.337. The predicted molar refractivity (Wildman–Crippen MR) is 44.9 cm³/mol. The summed E-state index contributed by atoms with van der Waals surface area (Å²) in [5.74, 6) is 0.343. The van der Waals surface area contributed by atoms with Crippen LogP contribution in [0.25, 0.3) is 0 Å². The molecule has 0 spiro atoms. The summed E-state index contributed by atoms with van der Waals surface area (Å²) in [4.78, 5) is 20.0. The van der Waals surface area contributed by atoms with E-state index in [1.54, 1.807) is 0 Å². The van der Waals surface area contributed by atoms with Crippen molar-refractivity contribution < 1.29 is 14.3 Å². The summed E-state index contributed by atoms with van der Waals surface area (Å²) in [6.45, 7) is 0.752. The molecule has 0 aliphatic rings. The first-order valence-corrected chi connectivity index (χ1v) is 4.06. The molecule has 4 heteroatoms. The third-order valence-corrected chi connectivity index (χ3v) is 1.61. The van der Waals surface area contributed by atoms with Crippen molar-refractivity contribution in [3.8, 4) is 0 Å². The average Bonchev–Trinajstić information content (AvgIpc) is 2.05. The molecule has 0 aromatic rings. The van der Waals surface area contributed by atoms with Crippen LogP contribution in [-0.4, -0.2) is 31.5 Å². The first-order valence-electron chi connectivity index (χ1n) is 3.42. The van der Waals surface area contributed by atoms with Gasteiger partial charge in [0.05, 0.1) is 13.2 Å². The molecule has 0 aliphatic heterocycles. The molecule has 1 atom stereocenters. The van der Waals surface area contributed by atoms with Crippen LogP contribution < -0.4 is 0 Å². The minimum absolute atomic E-state index is 0.148. The van der Waals surface area contributed by atoms with Crippen molar-refractivity contribution in [2.75, 3.05) is 19.0 Å². The standard InChI is InChI=1S/C7H12O3S/c8-2-1-3-10-5-7(4-9)6-11/h2,4,7,11H,1,3,5-6H2. The molecule has 0 rings (SSSR count). The second-order valence-corrected chi connectivity index (χ2v) is 2.47. The summed E-state index contributed by atoms with van der Waals surface area (Å²) in [5, 5.41) is 0. The van der Waals surface area contributed by atoms with Gasteiger partial charge in [-0.15, -0.1) is 0 Å². The zero-order valence-electron chi connectivity index (χ0n) is 6.23. The maximum atomic E-state index is 10.2. The largest absolute Gasteiger partial charge is 0.380 e. The van der Waals surface area contributed by atoms with Crippen LogP contribution in [0.5, 0.6) is 0 Å². The van der Waals surface area contributed by atoms with Gasteiger partial charge in [-0.1, -0.05) is 0 Å². The molecule has 0 heterocycles. The third-order valence-electron chi connectivity index (χ3n) is 1.14. The lowest BCUT2D eigenvalue weighted by Gasteiger charge is -2.05. The number of aldehydes is 2. The van der Waals surface area contributed by atoms with E-state index in [1.165, 1.54) is 0 Å². The Kier molecular flexibility index (Phi) is 7.51. The lowest BCUT2D eigenvalue weighted by Crippen LogP contribution is -2.13. The molecule has 1 unspecified atom stereocenters. The Labute approximate surface area is 71.5 Å². The molecule has 0 aromatic heterocycles. The average molecular weight is 176 g/mol. The number of thiol groups is 1. The highest BCUT2D eigenvalue weighted by Crippen LogP contribution is 1.95. The Balaban J connectivity index is 3.20. The fourth-order valence-electron chi connectivity index (χ4n) is 0.501. The van der Waals surface area contributed by atoms with E-state index in [1.807, 2.05) is 0 Å². The number of rotatable bonds is 7. The minimum Gasteiger partial charge on any atom is -0.380 e. The summed E-state index contributed by atoms with van der Waals surface area (Å²) >= 11 is 3.94. The van der Waals surface area contributed by atoms with Crippen LogP contribution in [0.3, 0.4) is 0 Å². The summed E-state index contributed by atoms with van der Waals surface area (Å²) in [6.07, 6.45) is 1.99. The van der Waals surface area contributed by atoms with Crippen LogP contribution in [0.15, 0.2) is 0 Å². The lowest BCUT2D eigenvalue weighted by molar-refractivity contribution is -0.112. The van der Waals surface area contributed by atoms with Gasteiger partial charge in [-0.2, -0.15) is 12.6 Å². The van der Waals surface area contributed by atoms with E-state index in [0.717, 1.165) is 12.6 Å². The van der Waals surface area contributed by atoms with E-state index in [4.69, 9.17) is 4.74 Å². The zero-order valence-corrected chi connectivity index (χ0v) is 7.13. The van der Waals surface area contributed by atoms with Crippen LogP contribution in [0.4, 0.5) is 0 Å². The Morgan fingerprint density at radius 2 is 2.18 bits per heavy atom. The van der Waals surface area contributed by atoms with Gasteiger partial charge in [-0.25, -0.2) is 0 Å². The number of hydrogen-bond donors (Lipinski definition) is 1. The molecular formula is C7H12O3S. The second-order valence-electron chi connectivity index (χ2n) is 2.11. The molecule has 0 fully saturated rings. The smallest absolute Gasteiger partial charge is 0.126 e. The van der Waals surface area contributed by atoms with Crippen LogP contribution >= 0.6 is 12.6 Å². The number of carbonyl (C=O) groups is 2. The van der Waals surface area contributed by atoms with E-state index in [9.17, 15) is 9.59 Å². The van der Waals surface area contributed by atoms with Gasteiger partial charge < -0.3 is 14.3 Å². The van der Waals surface area contributed by atoms with Crippen molar-refractivity contribution >= 4 is 25.2 Å². The fraction of sp³-hybridized carbons (Fsp3) is 0.714. The van der Waals surface area contributed by atoms with E-state index in [0.29, 0.717) is 25.4 Å². The maximum Gasteiger partial charge on any atom is 0.126 e. The summed E-state index contributed by atoms with van der Waals surface area (Å²) in [7, 11) is 0. The molecule has 0 saturated carbocycles. The Morgan fingerprint density at radius 3 is 2.64 bits per heavy atom. The molecular weight excluding hydrogens is 164 g/mol. The fourth-order valence-corrected chi connectivity index (χ4v) is 0.693. The molecule has 0 N–H and O–H groups in total. The van der Waals surface area contributed by atoms with Gasteiger partial charge in [-0.3, -0.25) is 0 Å². The van der Waals surface area contributed by atoms with Crippen molar-refractivity contribution in [2.24, 2.45) is 5.92 Å². The molecule has 0 bridgehead atoms. The maximum absolute atomic E-state index is 10.2. The van der Waals surface area contributed by atoms with Crippen molar-refractivity contribution in [1.82, 2.24) is 0 Å². The minimum atomic E-state index is -0.148. The Morgan fingerprint density at radius 1 is 1.45 bits per heavy atom. The highest BCUT2D eigenvalue weighted by molar-refractivity contribution is 7.80. The van der Waals surface area contributed by atoms with Crippen LogP contribution in [0.1, 0.15) is 6.42 Å². The molecule has 3 nitrogen and oxygen atoms in total. The monoisotopic (exact) mass is 176 g/mol. The van der Waals surface area contributed by atoms with Crippen molar-refractivity contribution in [3.63, 3.8) is 0 Å². The molecule has 64 valence electrons. The molecule has 11 heavy (non-hydrogen) atoms. The third kappa shape index (κ3) is 6.06. The highest BCUT2D eigenvalue weighted by Gasteiger charge is 2.03. The zero-order chi connectivity index (χ0) is 8.53. The second kappa shape index (κ2) is 7.75. The Bertz CT molecular complexity index is 116. The van der Waals surface area contributed by atoms with Gasteiger partial charge in [-0.05, 0) is 0 Å². The summed E-state index contributed by atoms with van der Waals surface area (Å²) in [5.41, 5.74) is 0. The topological polar surface area (TPSA) is 43.4 Å². The van der Waals surface area contributed by atoms with Crippen LogP contribution in [0, 0.1) is 5.92 Å². The molecule has 0 aromatic carbocycles. The van der Waals surface area contributed by atoms with Crippen LogP contribution in [0.2, 0.25) is 0 Å². The molecule has 0 radical (unpaired) electrons. The lowest BCUT2D eigenvalue weighted by atomic mass is 10.2. The van der Waals surface area contributed by atoms with Gasteiger partial charge in [0, 0.05) is 18.1 Å². The summed E-state index contributed by atoms with van der Waals surface area (Å²) in [6, 6.07) is 0. The normalized spacial score (nSPS) is 12.5. The van der Waals surface area contributed by atoms with Gasteiger partial charge in [0.2, 0.25) is 0 Å². The van der Waals surface area contributed by atoms with Crippen molar-refractivity contribution in [1.29, 1.82) is 0 Å². The van der Waals surface area contributed by atoms with Crippen molar-refractivity contribution in [2.45, 2.75) is 6.42 Å². The van der Waals surface area contributed by atoms with E-state index in [2.05, 4.69) is 12.6 Å². The van der Waals surface area contributed by atoms with Gasteiger partial charge in [0.1, 0.15) is 12.6 Å². The first-order chi connectivity index (χ1) is 5.35. The van der Waals surface area contributed by atoms with E-state index < -0.39 is 0 Å². The highest BCUT2D eigenvalue weighted by atomic mass is 32.1. The number of hydrogen-bond acceptors (Lipinski definition) is 4. The number of ether oxygens (including phenoxy) is 1. The van der Waals surface area contributed by atoms with E-state index >= 15 is 0 Å². The Hall–Kier alpha value is -0.350. The SMILES string of the molecule is O=CCCOCC(C=O)CS. The van der Waals surface area contributed by atoms with Crippen LogP contribution in [-0.2, 0) is 14.3 Å². The van der Waals surface area contributed by atoms with Crippen molar-refractivity contribution in [3.05, 3.63) is 0 Å². The molecule has 0 saturated heterocycles. The molecule has 0 aliphatic carbocycles. The quantitative estimate of drug-likeness (QED) is 0.345. The van der Waals surface area contributed by atoms with E-state index in [-0.39, 0.29) is 5.92 Å². The summed E-state index contributed by atoms with van der Waals surface area (Å²) < 4.78 is 5.01. The van der Waals surface area contributed by atoms with Gasteiger partial charge in [0.25, 0.3) is 0 Å². The number of carbonyl (C=O) groups excluding carboxylic acids is 2. The first kappa shape index (κ1) is 10.7.